The average molecular weight is 260 g/mol. The zero-order valence-corrected chi connectivity index (χ0v) is 8.35. The summed E-state index contributed by atoms with van der Waals surface area (Å²) in [6, 6.07) is 0. The Morgan fingerprint density at radius 1 is 1.11 bits per heavy atom. The van der Waals surface area contributed by atoms with Crippen LogP contribution in [0.1, 0.15) is 13.8 Å². The molecular weight excluding hydrogens is 252 g/mol. The number of rotatable bonds is 0. The van der Waals surface area contributed by atoms with Crippen LogP contribution in [0.25, 0.3) is 0 Å². The summed E-state index contributed by atoms with van der Waals surface area (Å²) in [5.41, 5.74) is 0. The summed E-state index contributed by atoms with van der Waals surface area (Å²) in [6.07, 6.45) is -1.83. The molecule has 0 unspecified atom stereocenters. The Kier molecular flexibility index (Phi) is 20.0. The second-order valence-electron chi connectivity index (χ2n) is 1.19. The topological polar surface area (TPSA) is 74.6 Å². The van der Waals surface area contributed by atoms with E-state index in [1.807, 2.05) is 0 Å². The van der Waals surface area contributed by atoms with E-state index in [2.05, 4.69) is 0 Å². The first-order valence-corrected chi connectivity index (χ1v) is 1.86. The van der Waals surface area contributed by atoms with Crippen LogP contribution >= 0.6 is 0 Å². The van der Waals surface area contributed by atoms with Crippen molar-refractivity contribution in [2.24, 2.45) is 0 Å². The average Bonchev–Trinajstić information content (AvgIpc) is 1.25. The Morgan fingerprint density at radius 3 is 1.11 bits per heavy atom. The summed E-state index contributed by atoms with van der Waals surface area (Å²) in [4.78, 5) is 18.0. The van der Waals surface area contributed by atoms with E-state index in [0.717, 1.165) is 0 Å². The quantitative estimate of drug-likeness (QED) is 0.676. The van der Waals surface area contributed by atoms with Crippen molar-refractivity contribution in [1.29, 1.82) is 0 Å². The van der Waals surface area contributed by atoms with Crippen LogP contribution in [0.5, 0.6) is 0 Å². The molecule has 0 atom stereocenters. The van der Waals surface area contributed by atoms with Gasteiger partial charge >= 0.3 is 6.16 Å². The molecule has 0 aliphatic heterocycles. The maximum absolute atomic E-state index is 9.44. The van der Waals surface area contributed by atoms with Gasteiger partial charge in [-0.3, -0.25) is 0 Å². The Balaban J connectivity index is -0.0000000720. The molecule has 0 aromatic rings. The molecule has 0 bridgehead atoms. The molecule has 52 valence electrons. The minimum absolute atomic E-state index is 0. The minimum atomic E-state index is -1.83. The van der Waals surface area contributed by atoms with Crippen LogP contribution in [0.2, 0.25) is 0 Å². The van der Waals surface area contributed by atoms with E-state index in [1.54, 1.807) is 0 Å². The van der Waals surface area contributed by atoms with Gasteiger partial charge in [0.1, 0.15) is 5.78 Å². The molecule has 2 N–H and O–H groups in total. The molecule has 0 fully saturated rings. The SMILES string of the molecule is CC(C)=O.O=C(O)O.[Ce]. The second-order valence-corrected chi connectivity index (χ2v) is 1.19. The summed E-state index contributed by atoms with van der Waals surface area (Å²) in [5, 5.41) is 13.9. The van der Waals surface area contributed by atoms with Gasteiger partial charge in [0.05, 0.1) is 0 Å². The van der Waals surface area contributed by atoms with E-state index in [1.165, 1.54) is 13.8 Å². The fourth-order valence-electron chi connectivity index (χ4n) is 0. The number of carboxylic acid groups (broad SMARTS) is 2. The van der Waals surface area contributed by atoms with Gasteiger partial charge in [-0.15, -0.1) is 0 Å². The van der Waals surface area contributed by atoms with Crippen molar-refractivity contribution >= 4 is 11.9 Å². The Labute approximate surface area is 86.6 Å². The Hall–Kier alpha value is 0.317. The molecule has 0 heterocycles. The van der Waals surface area contributed by atoms with Gasteiger partial charge in [-0.25, -0.2) is 4.79 Å². The van der Waals surface area contributed by atoms with Crippen LogP contribution < -0.4 is 0 Å². The van der Waals surface area contributed by atoms with Gasteiger partial charge < -0.3 is 15.0 Å². The van der Waals surface area contributed by atoms with Crippen molar-refractivity contribution in [2.45, 2.75) is 13.8 Å². The molecule has 5 heteroatoms. The maximum atomic E-state index is 9.44. The zero-order valence-electron chi connectivity index (χ0n) is 5.21. The summed E-state index contributed by atoms with van der Waals surface area (Å²) < 4.78 is 0. The van der Waals surface area contributed by atoms with Crippen LogP contribution in [-0.2, 0) is 4.79 Å². The van der Waals surface area contributed by atoms with Gasteiger partial charge in [-0.2, -0.15) is 0 Å². The van der Waals surface area contributed by atoms with Gasteiger partial charge in [0.15, 0.2) is 0 Å². The van der Waals surface area contributed by atoms with E-state index in [-0.39, 0.29) is 47.5 Å². The molecule has 0 rings (SSSR count). The number of ketones is 1. The van der Waals surface area contributed by atoms with Crippen molar-refractivity contribution in [3.05, 3.63) is 0 Å². The maximum Gasteiger partial charge on any atom is 0.503 e. The fraction of sp³-hybridized carbons (Fsp3) is 0.500. The zero-order chi connectivity index (χ0) is 7.15. The number of hydrogen-bond donors (Lipinski definition) is 2. The first kappa shape index (κ1) is 16.2. The number of carbonyl (C=O) groups excluding carboxylic acids is 1. The second kappa shape index (κ2) is 11.2. The van der Waals surface area contributed by atoms with Crippen LogP contribution in [0.4, 0.5) is 4.79 Å². The van der Waals surface area contributed by atoms with Crippen molar-refractivity contribution in [1.82, 2.24) is 0 Å². The van der Waals surface area contributed by atoms with E-state index in [0.29, 0.717) is 0 Å². The molecule has 0 aromatic carbocycles. The molecular formula is C4H8CeO4. The fourth-order valence-corrected chi connectivity index (χ4v) is 0. The van der Waals surface area contributed by atoms with Crippen molar-refractivity contribution < 1.29 is 61.5 Å². The van der Waals surface area contributed by atoms with E-state index < -0.39 is 6.16 Å². The smallest absolute Gasteiger partial charge is 0.450 e. The van der Waals surface area contributed by atoms with Gasteiger partial charge in [0, 0.05) is 41.7 Å². The molecule has 9 heavy (non-hydrogen) atoms. The third kappa shape index (κ3) is 3310. The van der Waals surface area contributed by atoms with Gasteiger partial charge in [-0.1, -0.05) is 0 Å². The van der Waals surface area contributed by atoms with E-state index >= 15 is 0 Å². The molecule has 0 aliphatic rings. The van der Waals surface area contributed by atoms with Crippen molar-refractivity contribution in [3.63, 3.8) is 0 Å². The van der Waals surface area contributed by atoms with Gasteiger partial charge in [0.25, 0.3) is 0 Å². The summed E-state index contributed by atoms with van der Waals surface area (Å²) in [5.74, 6) is 0.167. The van der Waals surface area contributed by atoms with Crippen LogP contribution in [0.15, 0.2) is 0 Å². The molecule has 0 radical (unpaired) electrons. The summed E-state index contributed by atoms with van der Waals surface area (Å²) in [7, 11) is 0. The van der Waals surface area contributed by atoms with Crippen LogP contribution in [0, 0.1) is 41.7 Å². The molecule has 0 amide bonds. The third-order valence-electron chi connectivity index (χ3n) is 0. The number of carbonyl (C=O) groups is 2. The number of Topliss-reactive ketones (excluding diaryl/α,β-unsaturated/α-hetero) is 1. The Bertz CT molecular complexity index is 70.6. The van der Waals surface area contributed by atoms with E-state index in [9.17, 15) is 4.79 Å². The van der Waals surface area contributed by atoms with Crippen molar-refractivity contribution in [3.8, 4) is 0 Å². The monoisotopic (exact) mass is 260 g/mol. The van der Waals surface area contributed by atoms with Gasteiger partial charge in [0.2, 0.25) is 0 Å². The molecule has 0 spiro atoms. The minimum Gasteiger partial charge on any atom is -0.450 e. The molecule has 0 saturated heterocycles. The predicted molar refractivity (Wildman–Crippen MR) is 27.0 cm³/mol. The van der Waals surface area contributed by atoms with Crippen molar-refractivity contribution in [2.75, 3.05) is 0 Å². The first-order valence-electron chi connectivity index (χ1n) is 1.86. The van der Waals surface area contributed by atoms with Crippen LogP contribution in [-0.4, -0.2) is 22.2 Å². The largest absolute Gasteiger partial charge is 0.503 e. The third-order valence-corrected chi connectivity index (χ3v) is 0. The normalized spacial score (nSPS) is 5.56. The summed E-state index contributed by atoms with van der Waals surface area (Å²) >= 11 is 0. The molecule has 4 nitrogen and oxygen atoms in total. The molecule has 0 aliphatic carbocycles. The first-order chi connectivity index (χ1) is 3.46. The van der Waals surface area contributed by atoms with E-state index in [4.69, 9.17) is 15.0 Å². The Morgan fingerprint density at radius 2 is 1.11 bits per heavy atom. The summed E-state index contributed by atoms with van der Waals surface area (Å²) in [6.45, 7) is 3.06. The van der Waals surface area contributed by atoms with Gasteiger partial charge in [-0.05, 0) is 13.8 Å². The number of hydrogen-bond acceptors (Lipinski definition) is 2. The standard InChI is InChI=1S/C3H6O.CH2O3.Ce/c1-3(2)4;2-1(3)4;/h1-2H3;(H2,2,3,4);. The van der Waals surface area contributed by atoms with Crippen LogP contribution in [0.3, 0.4) is 0 Å². The predicted octanol–water partition coefficient (Wildman–Crippen LogP) is 0.818. The molecule has 0 aromatic heterocycles. The molecule has 0 saturated carbocycles.